The number of carbonyl (C=O) groups is 1. The lowest BCUT2D eigenvalue weighted by Gasteiger charge is -2.08. The Kier molecular flexibility index (Phi) is 6.15. The number of anilines is 1. The predicted octanol–water partition coefficient (Wildman–Crippen LogP) is 3.82. The van der Waals surface area contributed by atoms with Gasteiger partial charge in [-0.3, -0.25) is 4.79 Å². The average molecular weight is 317 g/mol. The Bertz CT molecular complexity index is 614. The number of benzene rings is 2. The van der Waals surface area contributed by atoms with E-state index in [0.717, 1.165) is 22.1 Å². The van der Waals surface area contributed by atoms with E-state index >= 15 is 0 Å². The summed E-state index contributed by atoms with van der Waals surface area (Å²) in [6, 6.07) is 15.0. The van der Waals surface area contributed by atoms with E-state index in [4.69, 9.17) is 9.47 Å². The van der Waals surface area contributed by atoms with E-state index in [-0.39, 0.29) is 5.91 Å². The summed E-state index contributed by atoms with van der Waals surface area (Å²) in [6.07, 6.45) is 0. The summed E-state index contributed by atoms with van der Waals surface area (Å²) in [5.41, 5.74) is 0.742. The molecule has 0 aromatic heterocycles. The van der Waals surface area contributed by atoms with Gasteiger partial charge < -0.3 is 14.8 Å². The zero-order chi connectivity index (χ0) is 15.8. The number of methoxy groups -OCH3 is 1. The molecule has 0 unspecified atom stereocenters. The van der Waals surface area contributed by atoms with Crippen molar-refractivity contribution in [3.05, 3.63) is 48.5 Å². The van der Waals surface area contributed by atoms with Gasteiger partial charge in [-0.05, 0) is 43.3 Å². The Hall–Kier alpha value is -2.14. The van der Waals surface area contributed by atoms with E-state index < -0.39 is 0 Å². The Balaban J connectivity index is 1.85. The molecule has 5 heteroatoms. The molecular formula is C17H19NO3S. The summed E-state index contributed by atoms with van der Waals surface area (Å²) < 4.78 is 10.5. The number of carbonyl (C=O) groups excluding carboxylic acids is 1. The van der Waals surface area contributed by atoms with Gasteiger partial charge in [0.25, 0.3) is 0 Å². The number of thioether (sulfide) groups is 1. The lowest BCUT2D eigenvalue weighted by Crippen LogP contribution is -2.13. The Morgan fingerprint density at radius 2 is 1.91 bits per heavy atom. The van der Waals surface area contributed by atoms with E-state index in [1.165, 1.54) is 11.8 Å². The predicted molar refractivity (Wildman–Crippen MR) is 90.0 cm³/mol. The zero-order valence-electron chi connectivity index (χ0n) is 12.7. The molecule has 0 aliphatic rings. The molecule has 0 aliphatic carbocycles. The van der Waals surface area contributed by atoms with Crippen molar-refractivity contribution in [2.75, 3.05) is 24.8 Å². The summed E-state index contributed by atoms with van der Waals surface area (Å²) >= 11 is 1.48. The van der Waals surface area contributed by atoms with Gasteiger partial charge in [0, 0.05) is 16.6 Å². The maximum atomic E-state index is 12.0. The van der Waals surface area contributed by atoms with Gasteiger partial charge in [-0.25, -0.2) is 0 Å². The van der Waals surface area contributed by atoms with Gasteiger partial charge in [0.15, 0.2) is 0 Å². The van der Waals surface area contributed by atoms with Crippen LogP contribution in [-0.2, 0) is 4.79 Å². The highest BCUT2D eigenvalue weighted by Crippen LogP contribution is 2.22. The molecule has 22 heavy (non-hydrogen) atoms. The molecule has 0 bridgehead atoms. The quantitative estimate of drug-likeness (QED) is 0.789. The van der Waals surface area contributed by atoms with Crippen LogP contribution in [0.2, 0.25) is 0 Å². The first kappa shape index (κ1) is 16.2. The lowest BCUT2D eigenvalue weighted by atomic mass is 10.3. The molecule has 0 aliphatic heterocycles. The van der Waals surface area contributed by atoms with Crippen LogP contribution in [0.4, 0.5) is 5.69 Å². The monoisotopic (exact) mass is 317 g/mol. The van der Waals surface area contributed by atoms with Crippen molar-refractivity contribution < 1.29 is 14.3 Å². The Morgan fingerprint density at radius 3 is 2.59 bits per heavy atom. The largest absolute Gasteiger partial charge is 0.497 e. The number of ether oxygens (including phenoxy) is 2. The first-order chi connectivity index (χ1) is 10.7. The highest BCUT2D eigenvalue weighted by Gasteiger charge is 2.05. The molecule has 2 rings (SSSR count). The third kappa shape index (κ3) is 5.00. The molecule has 2 aromatic rings. The zero-order valence-corrected chi connectivity index (χ0v) is 13.5. The molecule has 0 radical (unpaired) electrons. The van der Waals surface area contributed by atoms with Crippen molar-refractivity contribution >= 4 is 23.4 Å². The number of nitrogens with one attached hydrogen (secondary N) is 1. The molecule has 0 fully saturated rings. The highest BCUT2D eigenvalue weighted by molar-refractivity contribution is 8.00. The van der Waals surface area contributed by atoms with E-state index in [1.807, 2.05) is 55.5 Å². The molecule has 116 valence electrons. The molecular weight excluding hydrogens is 298 g/mol. The Labute approximate surface area is 134 Å². The smallest absolute Gasteiger partial charge is 0.234 e. The van der Waals surface area contributed by atoms with Crippen LogP contribution in [0.3, 0.4) is 0 Å². The van der Waals surface area contributed by atoms with Gasteiger partial charge in [-0.15, -0.1) is 11.8 Å². The minimum Gasteiger partial charge on any atom is -0.497 e. The molecule has 0 saturated carbocycles. The van der Waals surface area contributed by atoms with Crippen LogP contribution >= 0.6 is 11.8 Å². The number of hydrogen-bond acceptors (Lipinski definition) is 4. The molecule has 1 amide bonds. The number of rotatable bonds is 7. The van der Waals surface area contributed by atoms with Crippen molar-refractivity contribution in [2.24, 2.45) is 0 Å². The van der Waals surface area contributed by atoms with Crippen LogP contribution in [0.25, 0.3) is 0 Å². The molecule has 0 spiro atoms. The maximum absolute atomic E-state index is 12.0. The first-order valence-corrected chi connectivity index (χ1v) is 7.99. The van der Waals surface area contributed by atoms with Gasteiger partial charge in [-0.2, -0.15) is 0 Å². The van der Waals surface area contributed by atoms with E-state index in [2.05, 4.69) is 5.32 Å². The minimum atomic E-state index is -0.0468. The fourth-order valence-corrected chi connectivity index (χ4v) is 2.55. The van der Waals surface area contributed by atoms with Crippen LogP contribution in [0, 0.1) is 0 Å². The van der Waals surface area contributed by atoms with Crippen LogP contribution in [0.15, 0.2) is 53.4 Å². The van der Waals surface area contributed by atoms with Gasteiger partial charge in [0.05, 0.1) is 19.5 Å². The van der Waals surface area contributed by atoms with Crippen LogP contribution in [0.5, 0.6) is 11.5 Å². The molecule has 2 aromatic carbocycles. The molecule has 0 atom stereocenters. The van der Waals surface area contributed by atoms with E-state index in [1.54, 1.807) is 7.11 Å². The summed E-state index contributed by atoms with van der Waals surface area (Å²) in [7, 11) is 1.63. The van der Waals surface area contributed by atoms with Crippen molar-refractivity contribution in [2.45, 2.75) is 11.8 Å². The van der Waals surface area contributed by atoms with Gasteiger partial charge in [-0.1, -0.05) is 6.07 Å². The first-order valence-electron chi connectivity index (χ1n) is 7.01. The summed E-state index contributed by atoms with van der Waals surface area (Å²) in [5, 5.41) is 2.87. The summed E-state index contributed by atoms with van der Waals surface area (Å²) in [4.78, 5) is 13.0. The molecule has 0 heterocycles. The highest BCUT2D eigenvalue weighted by atomic mass is 32.2. The standard InChI is InChI=1S/C17H19NO3S/c1-3-21-15-6-4-5-13(11-15)18-17(19)12-22-16-9-7-14(20-2)8-10-16/h4-11H,3,12H2,1-2H3,(H,18,19). The Morgan fingerprint density at radius 1 is 1.14 bits per heavy atom. The third-order valence-corrected chi connectivity index (χ3v) is 3.87. The molecule has 1 N–H and O–H groups in total. The third-order valence-electron chi connectivity index (χ3n) is 2.86. The van der Waals surface area contributed by atoms with Crippen LogP contribution in [0.1, 0.15) is 6.92 Å². The second-order valence-corrected chi connectivity index (χ2v) is 5.52. The minimum absolute atomic E-state index is 0.0468. The molecule has 4 nitrogen and oxygen atoms in total. The second kappa shape index (κ2) is 8.34. The normalized spacial score (nSPS) is 10.1. The van der Waals surface area contributed by atoms with Gasteiger partial charge >= 0.3 is 0 Å². The van der Waals surface area contributed by atoms with Crippen molar-refractivity contribution in [1.29, 1.82) is 0 Å². The van der Waals surface area contributed by atoms with Crippen molar-refractivity contribution in [3.8, 4) is 11.5 Å². The summed E-state index contributed by atoms with van der Waals surface area (Å²) in [6.45, 7) is 2.53. The summed E-state index contributed by atoms with van der Waals surface area (Å²) in [5.74, 6) is 1.87. The van der Waals surface area contributed by atoms with Gasteiger partial charge in [0.1, 0.15) is 11.5 Å². The van der Waals surface area contributed by atoms with Crippen molar-refractivity contribution in [3.63, 3.8) is 0 Å². The van der Waals surface area contributed by atoms with E-state index in [9.17, 15) is 4.79 Å². The van der Waals surface area contributed by atoms with Crippen molar-refractivity contribution in [1.82, 2.24) is 0 Å². The fourth-order valence-electron chi connectivity index (χ4n) is 1.85. The number of amides is 1. The fraction of sp³-hybridized carbons (Fsp3) is 0.235. The SMILES string of the molecule is CCOc1cccc(NC(=O)CSc2ccc(OC)cc2)c1. The second-order valence-electron chi connectivity index (χ2n) is 4.47. The topological polar surface area (TPSA) is 47.6 Å². The van der Waals surface area contributed by atoms with Crippen LogP contribution in [-0.4, -0.2) is 25.4 Å². The number of hydrogen-bond donors (Lipinski definition) is 1. The van der Waals surface area contributed by atoms with E-state index in [0.29, 0.717) is 12.4 Å². The molecule has 0 saturated heterocycles. The van der Waals surface area contributed by atoms with Crippen LogP contribution < -0.4 is 14.8 Å². The van der Waals surface area contributed by atoms with Gasteiger partial charge in [0.2, 0.25) is 5.91 Å². The average Bonchev–Trinajstić information content (AvgIpc) is 2.54. The maximum Gasteiger partial charge on any atom is 0.234 e. The lowest BCUT2D eigenvalue weighted by molar-refractivity contribution is -0.113.